The lowest BCUT2D eigenvalue weighted by Gasteiger charge is -2.19. The molecule has 0 saturated heterocycles. The van der Waals surface area contributed by atoms with Gasteiger partial charge >= 0.3 is 12.0 Å². The summed E-state index contributed by atoms with van der Waals surface area (Å²) in [6.45, 7) is 5.06. The summed E-state index contributed by atoms with van der Waals surface area (Å²) in [6, 6.07) is 6.05. The largest absolute Gasteiger partial charge is 0.448 e. The Morgan fingerprint density at radius 3 is 2.38 bits per heavy atom. The lowest BCUT2D eigenvalue weighted by molar-refractivity contribution is -0.130. The Kier molecular flexibility index (Phi) is 6.33. The molecule has 3 N–H and O–H groups in total. The monoisotopic (exact) mass is 395 g/mol. The Morgan fingerprint density at radius 1 is 1.23 bits per heavy atom. The molecule has 1 aromatic carbocycles. The third-order valence-corrected chi connectivity index (χ3v) is 4.86. The van der Waals surface area contributed by atoms with Crippen LogP contribution in [0.5, 0.6) is 0 Å². The summed E-state index contributed by atoms with van der Waals surface area (Å²) >= 11 is 7.03. The second kappa shape index (κ2) is 8.29. The normalized spacial score (nSPS) is 11.9. The van der Waals surface area contributed by atoms with Gasteiger partial charge in [-0.3, -0.25) is 10.1 Å². The number of thiazole rings is 1. The topological polar surface area (TPSA) is 111 Å². The second-order valence-electron chi connectivity index (χ2n) is 5.86. The van der Waals surface area contributed by atoms with E-state index in [1.807, 2.05) is 5.32 Å². The summed E-state index contributed by atoms with van der Waals surface area (Å²) in [5.41, 5.74) is 6.25. The number of imide groups is 1. The van der Waals surface area contributed by atoms with Gasteiger partial charge in [-0.05, 0) is 25.0 Å². The molecule has 26 heavy (non-hydrogen) atoms. The van der Waals surface area contributed by atoms with Crippen molar-refractivity contribution in [3.05, 3.63) is 39.9 Å². The molecule has 0 aliphatic rings. The smallest absolute Gasteiger partial charge is 0.351 e. The quantitative estimate of drug-likeness (QED) is 0.755. The van der Waals surface area contributed by atoms with Crippen LogP contribution in [-0.4, -0.2) is 29.0 Å². The molecule has 0 aliphatic heterocycles. The van der Waals surface area contributed by atoms with Gasteiger partial charge in [0.25, 0.3) is 5.91 Å². The number of nitrogens with zero attached hydrogens (tertiary/aromatic N) is 1. The molecule has 1 atom stereocenters. The highest BCUT2D eigenvalue weighted by atomic mass is 35.5. The van der Waals surface area contributed by atoms with E-state index in [2.05, 4.69) is 4.98 Å². The summed E-state index contributed by atoms with van der Waals surface area (Å²) in [4.78, 5) is 40.0. The van der Waals surface area contributed by atoms with E-state index >= 15 is 0 Å². The molecule has 7 nitrogen and oxygen atoms in total. The first-order valence-corrected chi connectivity index (χ1v) is 8.93. The van der Waals surface area contributed by atoms with Gasteiger partial charge in [0.1, 0.15) is 9.88 Å². The number of carbonyl (C=O) groups excluding carboxylic acids is 3. The number of esters is 1. The van der Waals surface area contributed by atoms with Gasteiger partial charge in [0, 0.05) is 10.6 Å². The average Bonchev–Trinajstić information content (AvgIpc) is 2.94. The molecule has 2 aromatic rings. The number of rotatable bonds is 5. The molecule has 0 saturated carbocycles. The highest BCUT2D eigenvalue weighted by molar-refractivity contribution is 7.17. The van der Waals surface area contributed by atoms with Crippen molar-refractivity contribution in [2.75, 3.05) is 0 Å². The molecule has 2 rings (SSSR count). The minimum atomic E-state index is -1.14. The summed E-state index contributed by atoms with van der Waals surface area (Å²) < 4.78 is 5.30. The van der Waals surface area contributed by atoms with Crippen molar-refractivity contribution in [2.45, 2.75) is 26.9 Å². The number of primary amides is 1. The zero-order valence-electron chi connectivity index (χ0n) is 14.4. The van der Waals surface area contributed by atoms with Crippen LogP contribution in [0.15, 0.2) is 24.3 Å². The summed E-state index contributed by atoms with van der Waals surface area (Å²) in [5.74, 6) is -1.79. The Hall–Kier alpha value is -2.45. The van der Waals surface area contributed by atoms with Gasteiger partial charge in [-0.2, -0.15) is 0 Å². The highest BCUT2D eigenvalue weighted by Gasteiger charge is 2.29. The average molecular weight is 396 g/mol. The van der Waals surface area contributed by atoms with Gasteiger partial charge < -0.3 is 10.5 Å². The van der Waals surface area contributed by atoms with Crippen molar-refractivity contribution < 1.29 is 19.1 Å². The maximum atomic E-state index is 12.5. The third-order valence-electron chi connectivity index (χ3n) is 3.42. The predicted molar refractivity (Wildman–Crippen MR) is 99.1 cm³/mol. The Morgan fingerprint density at radius 2 is 1.85 bits per heavy atom. The molecule has 1 heterocycles. The van der Waals surface area contributed by atoms with E-state index in [4.69, 9.17) is 22.1 Å². The molecule has 0 aliphatic carbocycles. The molecule has 9 heteroatoms. The zero-order chi connectivity index (χ0) is 19.4. The number of benzene rings is 1. The third kappa shape index (κ3) is 4.80. The van der Waals surface area contributed by atoms with Crippen LogP contribution in [0.2, 0.25) is 5.02 Å². The fourth-order valence-electron chi connectivity index (χ4n) is 2.16. The first-order valence-electron chi connectivity index (χ1n) is 7.73. The fourth-order valence-corrected chi connectivity index (χ4v) is 3.24. The van der Waals surface area contributed by atoms with Crippen molar-refractivity contribution in [1.29, 1.82) is 0 Å². The van der Waals surface area contributed by atoms with E-state index in [1.165, 1.54) is 0 Å². The minimum absolute atomic E-state index is 0.285. The minimum Gasteiger partial charge on any atom is -0.448 e. The molecule has 0 fully saturated rings. The predicted octanol–water partition coefficient (Wildman–Crippen LogP) is 3.15. The number of carbonyl (C=O) groups is 3. The number of nitrogens with two attached hydrogens (primary N) is 1. The van der Waals surface area contributed by atoms with Crippen molar-refractivity contribution in [3.8, 4) is 10.6 Å². The molecule has 1 unspecified atom stereocenters. The number of hydrogen-bond acceptors (Lipinski definition) is 6. The number of halogens is 1. The summed E-state index contributed by atoms with van der Waals surface area (Å²) in [5, 5.41) is 3.16. The number of amides is 3. The summed E-state index contributed by atoms with van der Waals surface area (Å²) in [6.07, 6.45) is -1.14. The van der Waals surface area contributed by atoms with Crippen LogP contribution in [0.4, 0.5) is 4.79 Å². The molecular weight excluding hydrogens is 378 g/mol. The molecule has 0 radical (unpaired) electrons. The van der Waals surface area contributed by atoms with E-state index in [9.17, 15) is 14.4 Å². The first kappa shape index (κ1) is 19.9. The molecule has 0 spiro atoms. The SMILES string of the molecule is Cc1nc(-c2ccc(Cl)cc2)sc1C(=O)OC(C(=O)NC(N)=O)C(C)C. The number of ether oxygens (including phenoxy) is 1. The van der Waals surface area contributed by atoms with Crippen LogP contribution in [0.3, 0.4) is 0 Å². The first-order chi connectivity index (χ1) is 12.2. The number of urea groups is 1. The van der Waals surface area contributed by atoms with Crippen molar-refractivity contribution in [3.63, 3.8) is 0 Å². The molecular formula is C17H18ClN3O4S. The van der Waals surface area contributed by atoms with Crippen LogP contribution >= 0.6 is 22.9 Å². The van der Waals surface area contributed by atoms with Gasteiger partial charge in [-0.1, -0.05) is 37.6 Å². The van der Waals surface area contributed by atoms with Gasteiger partial charge in [0.2, 0.25) is 0 Å². The van der Waals surface area contributed by atoms with Crippen molar-refractivity contribution in [2.24, 2.45) is 11.7 Å². The second-order valence-corrected chi connectivity index (χ2v) is 7.30. The van der Waals surface area contributed by atoms with Crippen LogP contribution in [0.1, 0.15) is 29.2 Å². The molecule has 3 amide bonds. The standard InChI is InChI=1S/C17H18ClN3O4S/c1-8(2)12(14(22)21-17(19)24)25-16(23)13-9(3)20-15(26-13)10-4-6-11(18)7-5-10/h4-8,12H,1-3H3,(H3,19,21,22,24). The number of hydrogen-bond donors (Lipinski definition) is 2. The molecule has 0 bridgehead atoms. The van der Waals surface area contributed by atoms with E-state index in [0.29, 0.717) is 15.7 Å². The Bertz CT molecular complexity index is 833. The highest BCUT2D eigenvalue weighted by Crippen LogP contribution is 2.29. The lowest BCUT2D eigenvalue weighted by Crippen LogP contribution is -2.45. The van der Waals surface area contributed by atoms with Crippen LogP contribution in [0, 0.1) is 12.8 Å². The van der Waals surface area contributed by atoms with Crippen LogP contribution in [0.25, 0.3) is 10.6 Å². The Balaban J connectivity index is 2.22. The van der Waals surface area contributed by atoms with Crippen LogP contribution in [-0.2, 0) is 9.53 Å². The van der Waals surface area contributed by atoms with Gasteiger partial charge in [0.05, 0.1) is 5.69 Å². The van der Waals surface area contributed by atoms with Crippen LogP contribution < -0.4 is 11.1 Å². The van der Waals surface area contributed by atoms with Crippen molar-refractivity contribution in [1.82, 2.24) is 10.3 Å². The maximum absolute atomic E-state index is 12.5. The van der Waals surface area contributed by atoms with E-state index in [1.54, 1.807) is 45.0 Å². The summed E-state index contributed by atoms with van der Waals surface area (Å²) in [7, 11) is 0. The van der Waals surface area contributed by atoms with Gasteiger partial charge in [-0.25, -0.2) is 14.6 Å². The molecule has 1 aromatic heterocycles. The van der Waals surface area contributed by atoms with E-state index in [0.717, 1.165) is 16.9 Å². The van der Waals surface area contributed by atoms with E-state index in [-0.39, 0.29) is 10.8 Å². The van der Waals surface area contributed by atoms with Crippen molar-refractivity contribution >= 4 is 40.8 Å². The van der Waals surface area contributed by atoms with E-state index < -0.39 is 24.0 Å². The zero-order valence-corrected chi connectivity index (χ0v) is 16.0. The van der Waals surface area contributed by atoms with Gasteiger partial charge in [0.15, 0.2) is 6.10 Å². The molecule has 138 valence electrons. The fraction of sp³-hybridized carbons (Fsp3) is 0.294. The number of aromatic nitrogens is 1. The maximum Gasteiger partial charge on any atom is 0.351 e. The Labute approximate surface area is 159 Å². The van der Waals surface area contributed by atoms with Gasteiger partial charge in [-0.15, -0.1) is 11.3 Å². The lowest BCUT2D eigenvalue weighted by atomic mass is 10.1. The number of nitrogens with one attached hydrogen (secondary N) is 1. The number of aryl methyl sites for hydroxylation is 1.